The fraction of sp³-hybridized carbons (Fsp3) is 0.0667. The van der Waals surface area contributed by atoms with Crippen LogP contribution in [0.5, 0.6) is 0 Å². The van der Waals surface area contributed by atoms with Gasteiger partial charge in [-0.25, -0.2) is 0 Å². The van der Waals surface area contributed by atoms with Crippen LogP contribution in [0.3, 0.4) is 0 Å². The maximum atomic E-state index is 6.00. The van der Waals surface area contributed by atoms with Crippen LogP contribution in [0.25, 0.3) is 21.5 Å². The molecule has 0 saturated carbocycles. The standard InChI is InChI=1S/C15H11Cl2Si/c16-18(17)10-12-5-3-7-15-13-6-2-1-4-11(13)8-9-14(12)15/h1-9H,10H2. The van der Waals surface area contributed by atoms with Crippen LogP contribution in [0.1, 0.15) is 5.56 Å². The quantitative estimate of drug-likeness (QED) is 0.352. The Kier molecular flexibility index (Phi) is 3.29. The van der Waals surface area contributed by atoms with Crippen molar-refractivity contribution in [2.45, 2.75) is 6.04 Å². The van der Waals surface area contributed by atoms with Crippen molar-refractivity contribution in [3.05, 3.63) is 60.2 Å². The second-order valence-corrected chi connectivity index (χ2v) is 8.66. The van der Waals surface area contributed by atoms with E-state index in [1.54, 1.807) is 0 Å². The third-order valence-electron chi connectivity index (χ3n) is 3.20. The van der Waals surface area contributed by atoms with E-state index >= 15 is 0 Å². The second kappa shape index (κ2) is 4.92. The summed E-state index contributed by atoms with van der Waals surface area (Å²) in [4.78, 5) is 0. The Bertz CT molecular complexity index is 707. The van der Waals surface area contributed by atoms with Crippen molar-refractivity contribution in [3.8, 4) is 0 Å². The van der Waals surface area contributed by atoms with Gasteiger partial charge in [0.1, 0.15) is 0 Å². The van der Waals surface area contributed by atoms with Gasteiger partial charge in [-0.1, -0.05) is 54.6 Å². The molecule has 0 heterocycles. The molecule has 0 spiro atoms. The van der Waals surface area contributed by atoms with Gasteiger partial charge in [0.15, 0.2) is 0 Å². The van der Waals surface area contributed by atoms with Crippen molar-refractivity contribution in [1.82, 2.24) is 0 Å². The molecule has 1 radical (unpaired) electrons. The SMILES string of the molecule is Cl[Si](Cl)Cc1cccc2c1ccc1ccccc12. The van der Waals surface area contributed by atoms with Gasteiger partial charge in [0, 0.05) is 0 Å². The third kappa shape index (κ3) is 2.14. The zero-order chi connectivity index (χ0) is 12.5. The van der Waals surface area contributed by atoms with Gasteiger partial charge in [0.2, 0.25) is 0 Å². The zero-order valence-electron chi connectivity index (χ0n) is 9.66. The molecule has 0 unspecified atom stereocenters. The lowest BCUT2D eigenvalue weighted by Gasteiger charge is -2.08. The summed E-state index contributed by atoms with van der Waals surface area (Å²) in [6.45, 7) is 0. The Balaban J connectivity index is 2.32. The van der Waals surface area contributed by atoms with Crippen LogP contribution in [0, 0.1) is 0 Å². The smallest absolute Gasteiger partial charge is 0.146 e. The Morgan fingerprint density at radius 1 is 0.722 bits per heavy atom. The molecule has 0 amide bonds. The third-order valence-corrected chi connectivity index (χ3v) is 4.65. The van der Waals surface area contributed by atoms with E-state index in [0.717, 1.165) is 6.04 Å². The average Bonchev–Trinajstić information content (AvgIpc) is 2.38. The fourth-order valence-electron chi connectivity index (χ4n) is 2.40. The average molecular weight is 290 g/mol. The molecule has 0 aliphatic rings. The van der Waals surface area contributed by atoms with Crippen molar-refractivity contribution < 1.29 is 0 Å². The Labute approximate surface area is 117 Å². The van der Waals surface area contributed by atoms with E-state index in [0.29, 0.717) is 0 Å². The van der Waals surface area contributed by atoms with Crippen LogP contribution >= 0.6 is 22.2 Å². The normalized spacial score (nSPS) is 11.5. The predicted molar refractivity (Wildman–Crippen MR) is 82.6 cm³/mol. The van der Waals surface area contributed by atoms with Crippen molar-refractivity contribution in [1.29, 1.82) is 0 Å². The molecule has 89 valence electrons. The molecule has 3 heteroatoms. The molecule has 0 fully saturated rings. The fourth-order valence-corrected chi connectivity index (χ4v) is 3.86. The Morgan fingerprint density at radius 2 is 1.50 bits per heavy atom. The summed E-state index contributed by atoms with van der Waals surface area (Å²) in [5, 5.41) is 5.10. The number of halogens is 2. The molecular formula is C15H11Cl2Si. The van der Waals surface area contributed by atoms with E-state index in [9.17, 15) is 0 Å². The first kappa shape index (κ1) is 12.0. The summed E-state index contributed by atoms with van der Waals surface area (Å²) in [7, 11) is -1.29. The predicted octanol–water partition coefficient (Wildman–Crippen LogP) is 5.04. The Morgan fingerprint density at radius 3 is 2.33 bits per heavy atom. The van der Waals surface area contributed by atoms with E-state index in [1.807, 2.05) is 0 Å². The second-order valence-electron chi connectivity index (χ2n) is 4.31. The van der Waals surface area contributed by atoms with Crippen LogP contribution in [-0.2, 0) is 6.04 Å². The first-order valence-electron chi connectivity index (χ1n) is 5.82. The summed E-state index contributed by atoms with van der Waals surface area (Å²) < 4.78 is 0. The molecule has 0 bridgehead atoms. The molecule has 0 atom stereocenters. The van der Waals surface area contributed by atoms with E-state index in [-0.39, 0.29) is 0 Å². The molecule has 3 aromatic carbocycles. The van der Waals surface area contributed by atoms with Gasteiger partial charge in [-0.3, -0.25) is 0 Å². The van der Waals surface area contributed by atoms with Gasteiger partial charge < -0.3 is 0 Å². The lowest BCUT2D eigenvalue weighted by atomic mass is 9.99. The molecule has 0 N–H and O–H groups in total. The summed E-state index contributed by atoms with van der Waals surface area (Å²) in [5.74, 6) is 0. The van der Waals surface area contributed by atoms with Gasteiger partial charge in [-0.05, 0) is 33.2 Å². The minimum absolute atomic E-state index is 0.781. The zero-order valence-corrected chi connectivity index (χ0v) is 12.2. The van der Waals surface area contributed by atoms with Crippen molar-refractivity contribution in [2.75, 3.05) is 0 Å². The Hall–Kier alpha value is -1.02. The lowest BCUT2D eigenvalue weighted by molar-refractivity contribution is 1.44. The van der Waals surface area contributed by atoms with Gasteiger partial charge in [0.05, 0.1) is 0 Å². The molecule has 3 aromatic rings. The van der Waals surface area contributed by atoms with Crippen LogP contribution in [0.4, 0.5) is 0 Å². The van der Waals surface area contributed by atoms with Crippen LogP contribution in [0.15, 0.2) is 54.6 Å². The maximum absolute atomic E-state index is 6.00. The molecule has 0 aliphatic carbocycles. The number of benzene rings is 3. The molecule has 3 rings (SSSR count). The largest absolute Gasteiger partial charge is 0.278 e. The van der Waals surface area contributed by atoms with Crippen LogP contribution in [0.2, 0.25) is 0 Å². The van der Waals surface area contributed by atoms with Gasteiger partial charge in [-0.2, -0.15) is 0 Å². The van der Waals surface area contributed by atoms with Gasteiger partial charge in [-0.15, -0.1) is 22.2 Å². The summed E-state index contributed by atoms with van der Waals surface area (Å²) in [6, 6.07) is 19.9. The summed E-state index contributed by atoms with van der Waals surface area (Å²) in [5.41, 5.74) is 1.25. The van der Waals surface area contributed by atoms with Crippen LogP contribution in [-0.4, -0.2) is 7.42 Å². The molecule has 0 aromatic heterocycles. The van der Waals surface area contributed by atoms with Gasteiger partial charge in [0.25, 0.3) is 7.42 Å². The van der Waals surface area contributed by atoms with Gasteiger partial charge >= 0.3 is 0 Å². The van der Waals surface area contributed by atoms with E-state index in [1.165, 1.54) is 27.1 Å². The highest BCUT2D eigenvalue weighted by molar-refractivity contribution is 7.33. The number of hydrogen-bond acceptors (Lipinski definition) is 0. The highest BCUT2D eigenvalue weighted by Gasteiger charge is 2.09. The first-order chi connectivity index (χ1) is 8.75. The highest BCUT2D eigenvalue weighted by atomic mass is 35.7. The number of hydrogen-bond donors (Lipinski definition) is 0. The molecule has 18 heavy (non-hydrogen) atoms. The van der Waals surface area contributed by atoms with Crippen LogP contribution < -0.4 is 0 Å². The molecule has 0 saturated heterocycles. The molecule has 0 aliphatic heterocycles. The monoisotopic (exact) mass is 289 g/mol. The number of fused-ring (bicyclic) bond motifs is 3. The highest BCUT2D eigenvalue weighted by Crippen LogP contribution is 2.28. The number of rotatable bonds is 2. The van der Waals surface area contributed by atoms with Crippen molar-refractivity contribution in [3.63, 3.8) is 0 Å². The van der Waals surface area contributed by atoms with E-state index < -0.39 is 7.42 Å². The maximum Gasteiger partial charge on any atom is 0.278 e. The minimum Gasteiger partial charge on any atom is -0.146 e. The van der Waals surface area contributed by atoms with Crippen molar-refractivity contribution >= 4 is 51.1 Å². The summed E-state index contributed by atoms with van der Waals surface area (Å²) in [6.07, 6.45) is 0. The van der Waals surface area contributed by atoms with E-state index in [2.05, 4.69) is 54.6 Å². The van der Waals surface area contributed by atoms with Crippen molar-refractivity contribution in [2.24, 2.45) is 0 Å². The first-order valence-corrected chi connectivity index (χ1v) is 9.55. The summed E-state index contributed by atoms with van der Waals surface area (Å²) >= 11 is 12.0. The lowest BCUT2D eigenvalue weighted by Crippen LogP contribution is -2.00. The molecular weight excluding hydrogens is 279 g/mol. The minimum atomic E-state index is -1.29. The van der Waals surface area contributed by atoms with E-state index in [4.69, 9.17) is 22.2 Å². The molecule has 0 nitrogen and oxygen atoms in total. The topological polar surface area (TPSA) is 0 Å².